The number of methoxy groups -OCH3 is 2. The van der Waals surface area contributed by atoms with Crippen molar-refractivity contribution in [1.29, 1.82) is 0 Å². The first-order valence-electron chi connectivity index (χ1n) is 12.0. The van der Waals surface area contributed by atoms with Crippen LogP contribution in [-0.4, -0.2) is 95.0 Å². The summed E-state index contributed by atoms with van der Waals surface area (Å²) < 4.78 is 16.6. The number of likely N-dealkylation sites (tertiary alicyclic amines) is 1. The Morgan fingerprint density at radius 3 is 2.59 bits per heavy atom. The molecule has 0 radical (unpaired) electrons. The molecule has 2 N–H and O–H groups in total. The summed E-state index contributed by atoms with van der Waals surface area (Å²) in [5, 5.41) is 7.01. The summed E-state index contributed by atoms with van der Waals surface area (Å²) in [4.78, 5) is 10.0. The number of nitrogens with zero attached hydrogens (tertiary/aromatic N) is 3. The average molecular weight is 448 g/mol. The zero-order valence-corrected chi connectivity index (χ0v) is 20.2. The van der Waals surface area contributed by atoms with Gasteiger partial charge in [0.05, 0.1) is 40.0 Å². The van der Waals surface area contributed by atoms with Crippen molar-refractivity contribution in [3.8, 4) is 11.5 Å². The Balaban J connectivity index is 1.75. The maximum atomic E-state index is 5.60. The first-order chi connectivity index (χ1) is 15.7. The lowest BCUT2D eigenvalue weighted by molar-refractivity contribution is 0.0179. The Morgan fingerprint density at radius 2 is 1.91 bits per heavy atom. The molecule has 1 aromatic rings. The zero-order valence-electron chi connectivity index (χ0n) is 20.2. The lowest BCUT2D eigenvalue weighted by Crippen LogP contribution is -2.45. The fourth-order valence-corrected chi connectivity index (χ4v) is 4.66. The van der Waals surface area contributed by atoms with E-state index < -0.39 is 0 Å². The van der Waals surface area contributed by atoms with Gasteiger partial charge in [0.1, 0.15) is 0 Å². The molecule has 2 atom stereocenters. The molecule has 3 rings (SSSR count). The highest BCUT2D eigenvalue weighted by molar-refractivity contribution is 5.79. The molecule has 2 saturated heterocycles. The molecule has 8 nitrogen and oxygen atoms in total. The van der Waals surface area contributed by atoms with Crippen LogP contribution in [0.5, 0.6) is 11.5 Å². The first kappa shape index (κ1) is 24.6. The third kappa shape index (κ3) is 6.49. The molecule has 0 spiro atoms. The Bertz CT molecular complexity index is 724. The van der Waals surface area contributed by atoms with Crippen LogP contribution in [0.15, 0.2) is 23.2 Å². The van der Waals surface area contributed by atoms with Crippen molar-refractivity contribution >= 4 is 5.96 Å². The fourth-order valence-electron chi connectivity index (χ4n) is 4.66. The van der Waals surface area contributed by atoms with Crippen molar-refractivity contribution < 1.29 is 14.2 Å². The van der Waals surface area contributed by atoms with Crippen LogP contribution >= 0.6 is 0 Å². The average Bonchev–Trinajstić information content (AvgIpc) is 3.30. The molecule has 0 amide bonds. The molecule has 2 unspecified atom stereocenters. The van der Waals surface area contributed by atoms with Crippen LogP contribution in [0, 0.1) is 0 Å². The van der Waals surface area contributed by atoms with Gasteiger partial charge in [-0.05, 0) is 50.6 Å². The van der Waals surface area contributed by atoms with E-state index in [1.54, 1.807) is 14.2 Å². The number of benzene rings is 1. The second-order valence-corrected chi connectivity index (χ2v) is 8.30. The minimum absolute atomic E-state index is 0.146. The van der Waals surface area contributed by atoms with Gasteiger partial charge in [0, 0.05) is 32.2 Å². The smallest absolute Gasteiger partial charge is 0.191 e. The number of rotatable bonds is 10. The Kier molecular flexibility index (Phi) is 9.89. The number of hydrogen-bond donors (Lipinski definition) is 2. The molecule has 0 aliphatic carbocycles. The molecule has 2 aliphatic rings. The van der Waals surface area contributed by atoms with Gasteiger partial charge in [-0.3, -0.25) is 14.8 Å². The number of guanidine groups is 1. The van der Waals surface area contributed by atoms with E-state index in [1.165, 1.54) is 24.9 Å². The van der Waals surface area contributed by atoms with E-state index in [2.05, 4.69) is 46.4 Å². The highest BCUT2D eigenvalue weighted by atomic mass is 16.5. The van der Waals surface area contributed by atoms with E-state index in [9.17, 15) is 0 Å². The number of likely N-dealkylation sites (N-methyl/N-ethyl adjacent to an activating group) is 1. The van der Waals surface area contributed by atoms with Gasteiger partial charge in [-0.2, -0.15) is 0 Å². The van der Waals surface area contributed by atoms with Crippen LogP contribution in [-0.2, 0) is 4.74 Å². The molecule has 8 heteroatoms. The summed E-state index contributed by atoms with van der Waals surface area (Å²) in [6.45, 7) is 12.4. The molecule has 1 aromatic carbocycles. The fraction of sp³-hybridized carbons (Fsp3) is 0.708. The number of nitrogens with one attached hydrogen (secondary N) is 2. The van der Waals surface area contributed by atoms with E-state index in [1.807, 2.05) is 6.07 Å². The lowest BCUT2D eigenvalue weighted by Gasteiger charge is -2.34. The van der Waals surface area contributed by atoms with Crippen LogP contribution in [0.4, 0.5) is 0 Å². The van der Waals surface area contributed by atoms with Gasteiger partial charge < -0.3 is 24.8 Å². The molecule has 0 aromatic heterocycles. The van der Waals surface area contributed by atoms with Crippen molar-refractivity contribution in [3.05, 3.63) is 23.8 Å². The van der Waals surface area contributed by atoms with Crippen molar-refractivity contribution in [2.45, 2.75) is 38.8 Å². The maximum absolute atomic E-state index is 5.60. The SMILES string of the molecule is CCNC(=NCC(c1ccc(OC)c(OC)c1)N1CCOCC1)NCC1CCCN1CC. The summed E-state index contributed by atoms with van der Waals surface area (Å²) in [6.07, 6.45) is 2.54. The van der Waals surface area contributed by atoms with Gasteiger partial charge in [0.2, 0.25) is 0 Å². The van der Waals surface area contributed by atoms with Gasteiger partial charge in [-0.1, -0.05) is 13.0 Å². The summed E-state index contributed by atoms with van der Waals surface area (Å²) in [5.41, 5.74) is 1.18. The number of hydrogen-bond acceptors (Lipinski definition) is 6. The van der Waals surface area contributed by atoms with E-state index in [0.717, 1.165) is 63.4 Å². The Labute approximate surface area is 193 Å². The van der Waals surface area contributed by atoms with E-state index in [4.69, 9.17) is 19.2 Å². The van der Waals surface area contributed by atoms with Gasteiger partial charge >= 0.3 is 0 Å². The molecular formula is C24H41N5O3. The van der Waals surface area contributed by atoms with Gasteiger partial charge in [-0.15, -0.1) is 0 Å². The summed E-state index contributed by atoms with van der Waals surface area (Å²) in [6, 6.07) is 6.91. The maximum Gasteiger partial charge on any atom is 0.191 e. The van der Waals surface area contributed by atoms with Crippen molar-refractivity contribution in [2.24, 2.45) is 4.99 Å². The molecule has 2 heterocycles. The first-order valence-corrected chi connectivity index (χ1v) is 12.0. The predicted molar refractivity (Wildman–Crippen MR) is 129 cm³/mol. The summed E-state index contributed by atoms with van der Waals surface area (Å²) in [5.74, 6) is 2.37. The molecule has 0 saturated carbocycles. The van der Waals surface area contributed by atoms with Gasteiger partial charge in [0.25, 0.3) is 0 Å². The normalized spacial score (nSPS) is 21.4. The third-order valence-electron chi connectivity index (χ3n) is 6.46. The molecular weight excluding hydrogens is 406 g/mol. The Morgan fingerprint density at radius 1 is 1.12 bits per heavy atom. The standard InChI is InChI=1S/C24H41N5O3/c1-5-25-24(26-17-20-8-7-11-28(20)6-2)27-18-21(29-12-14-32-15-13-29)19-9-10-22(30-3)23(16-19)31-4/h9-10,16,20-21H,5-8,11-15,17-18H2,1-4H3,(H2,25,26,27). The van der Waals surface area contributed by atoms with E-state index >= 15 is 0 Å². The number of morpholine rings is 1. The van der Waals surface area contributed by atoms with Gasteiger partial charge in [0.15, 0.2) is 17.5 Å². The Hall–Kier alpha value is -2.03. The number of aliphatic imine (C=N–C) groups is 1. The van der Waals surface area contributed by atoms with Crippen LogP contribution < -0.4 is 20.1 Å². The lowest BCUT2D eigenvalue weighted by atomic mass is 10.0. The summed E-state index contributed by atoms with van der Waals surface area (Å²) >= 11 is 0. The van der Waals surface area contributed by atoms with Gasteiger partial charge in [-0.25, -0.2) is 0 Å². The monoisotopic (exact) mass is 447 g/mol. The van der Waals surface area contributed by atoms with Crippen molar-refractivity contribution in [1.82, 2.24) is 20.4 Å². The molecule has 180 valence electrons. The van der Waals surface area contributed by atoms with Crippen LogP contribution in [0.3, 0.4) is 0 Å². The number of ether oxygens (including phenoxy) is 3. The zero-order chi connectivity index (χ0) is 22.8. The van der Waals surface area contributed by atoms with Crippen molar-refractivity contribution in [3.63, 3.8) is 0 Å². The largest absolute Gasteiger partial charge is 0.493 e. The summed E-state index contributed by atoms with van der Waals surface area (Å²) in [7, 11) is 3.35. The van der Waals surface area contributed by atoms with Crippen LogP contribution in [0.2, 0.25) is 0 Å². The molecule has 32 heavy (non-hydrogen) atoms. The highest BCUT2D eigenvalue weighted by Crippen LogP contribution is 2.32. The van der Waals surface area contributed by atoms with E-state index in [0.29, 0.717) is 12.6 Å². The molecule has 2 aliphatic heterocycles. The minimum atomic E-state index is 0.146. The predicted octanol–water partition coefficient (Wildman–Crippen LogP) is 2.12. The third-order valence-corrected chi connectivity index (χ3v) is 6.46. The topological polar surface area (TPSA) is 70.6 Å². The minimum Gasteiger partial charge on any atom is -0.493 e. The second-order valence-electron chi connectivity index (χ2n) is 8.30. The highest BCUT2D eigenvalue weighted by Gasteiger charge is 2.25. The van der Waals surface area contributed by atoms with Crippen LogP contribution in [0.25, 0.3) is 0 Å². The molecule has 2 fully saturated rings. The van der Waals surface area contributed by atoms with Crippen molar-refractivity contribution in [2.75, 3.05) is 73.2 Å². The second kappa shape index (κ2) is 12.9. The molecule has 0 bridgehead atoms. The quantitative estimate of drug-likeness (QED) is 0.421. The van der Waals surface area contributed by atoms with E-state index in [-0.39, 0.29) is 6.04 Å². The van der Waals surface area contributed by atoms with Crippen LogP contribution in [0.1, 0.15) is 38.3 Å².